The van der Waals surface area contributed by atoms with Gasteiger partial charge in [-0.2, -0.15) is 0 Å². The Labute approximate surface area is 100 Å². The number of aliphatic hydroxyl groups excluding tert-OH is 1. The molecular weight excluding hydrogens is 216 g/mol. The van der Waals surface area contributed by atoms with E-state index >= 15 is 0 Å². The van der Waals surface area contributed by atoms with Crippen LogP contribution in [0.3, 0.4) is 0 Å². The summed E-state index contributed by atoms with van der Waals surface area (Å²) >= 11 is 0. The van der Waals surface area contributed by atoms with E-state index in [1.165, 1.54) is 0 Å². The van der Waals surface area contributed by atoms with Crippen molar-refractivity contribution in [3.05, 3.63) is 36.4 Å². The average Bonchev–Trinajstić information content (AvgIpc) is 2.37. The molecule has 3 nitrogen and oxygen atoms in total. The maximum Gasteiger partial charge on any atom is 0.127 e. The number of benzene rings is 2. The van der Waals surface area contributed by atoms with Gasteiger partial charge in [-0.25, -0.2) is 0 Å². The van der Waals surface area contributed by atoms with E-state index in [0.717, 1.165) is 29.4 Å². The predicted octanol–water partition coefficient (Wildman–Crippen LogP) is 2.70. The van der Waals surface area contributed by atoms with Crippen LogP contribution in [0.25, 0.3) is 10.8 Å². The summed E-state index contributed by atoms with van der Waals surface area (Å²) in [6, 6.07) is 11.0. The number of rotatable bonds is 5. The highest BCUT2D eigenvalue weighted by Gasteiger charge is 2.05. The standard InChI is InChI=1S/C14H16O3/c15-9-3-4-10-17-14-8-7-13(16)11-5-1-2-6-12(11)14/h1-2,5-8,15-16H,3-4,9-10H2. The molecule has 0 aliphatic rings. The fraction of sp³-hybridized carbons (Fsp3) is 0.286. The van der Waals surface area contributed by atoms with E-state index in [0.29, 0.717) is 6.61 Å². The van der Waals surface area contributed by atoms with Crippen molar-refractivity contribution >= 4 is 10.8 Å². The summed E-state index contributed by atoms with van der Waals surface area (Å²) in [6.45, 7) is 0.773. The zero-order valence-electron chi connectivity index (χ0n) is 9.60. The topological polar surface area (TPSA) is 49.7 Å². The minimum absolute atomic E-state index is 0.194. The summed E-state index contributed by atoms with van der Waals surface area (Å²) in [6.07, 6.45) is 1.57. The van der Waals surface area contributed by atoms with Gasteiger partial charge in [-0.3, -0.25) is 0 Å². The lowest BCUT2D eigenvalue weighted by molar-refractivity contribution is 0.254. The number of unbranched alkanes of at least 4 members (excludes halogenated alkanes) is 1. The SMILES string of the molecule is OCCCCOc1ccc(O)c2ccccc12. The molecule has 2 aromatic rings. The summed E-state index contributed by atoms with van der Waals surface area (Å²) in [5.74, 6) is 1.04. The van der Waals surface area contributed by atoms with Gasteiger partial charge in [0.2, 0.25) is 0 Å². The Balaban J connectivity index is 2.20. The first-order valence-electron chi connectivity index (χ1n) is 5.77. The van der Waals surface area contributed by atoms with Crippen molar-refractivity contribution in [3.8, 4) is 11.5 Å². The zero-order valence-corrected chi connectivity index (χ0v) is 9.60. The maximum absolute atomic E-state index is 9.72. The molecule has 17 heavy (non-hydrogen) atoms. The second-order valence-electron chi connectivity index (χ2n) is 3.91. The van der Waals surface area contributed by atoms with Gasteiger partial charge < -0.3 is 14.9 Å². The Morgan fingerprint density at radius 2 is 1.71 bits per heavy atom. The van der Waals surface area contributed by atoms with E-state index in [1.807, 2.05) is 24.3 Å². The fourth-order valence-electron chi connectivity index (χ4n) is 1.78. The molecule has 0 aliphatic carbocycles. The lowest BCUT2D eigenvalue weighted by Crippen LogP contribution is -1.99. The molecule has 3 heteroatoms. The van der Waals surface area contributed by atoms with Gasteiger partial charge in [-0.15, -0.1) is 0 Å². The molecule has 0 unspecified atom stereocenters. The molecule has 0 spiro atoms. The lowest BCUT2D eigenvalue weighted by Gasteiger charge is -2.09. The molecule has 0 fully saturated rings. The molecule has 2 aromatic carbocycles. The molecule has 0 saturated carbocycles. The third-order valence-corrected chi connectivity index (χ3v) is 2.67. The number of fused-ring (bicyclic) bond motifs is 1. The predicted molar refractivity (Wildman–Crippen MR) is 67.4 cm³/mol. The van der Waals surface area contributed by atoms with Crippen molar-refractivity contribution in [2.45, 2.75) is 12.8 Å². The third-order valence-electron chi connectivity index (χ3n) is 2.67. The van der Waals surface area contributed by atoms with Crippen LogP contribution < -0.4 is 4.74 Å². The normalized spacial score (nSPS) is 10.6. The largest absolute Gasteiger partial charge is 0.507 e. The van der Waals surface area contributed by atoms with Crippen LogP contribution in [0.2, 0.25) is 0 Å². The third kappa shape index (κ3) is 2.68. The monoisotopic (exact) mass is 232 g/mol. The molecule has 0 radical (unpaired) electrons. The summed E-state index contributed by atoms with van der Waals surface area (Å²) in [7, 11) is 0. The lowest BCUT2D eigenvalue weighted by atomic mass is 10.1. The van der Waals surface area contributed by atoms with Gasteiger partial charge in [-0.05, 0) is 25.0 Å². The second-order valence-corrected chi connectivity index (χ2v) is 3.91. The molecule has 2 rings (SSSR count). The summed E-state index contributed by atoms with van der Waals surface area (Å²) in [5.41, 5.74) is 0. The molecule has 0 aromatic heterocycles. The van der Waals surface area contributed by atoms with Crippen molar-refractivity contribution < 1.29 is 14.9 Å². The summed E-state index contributed by atoms with van der Waals surface area (Å²) < 4.78 is 5.65. The molecule has 0 atom stereocenters. The number of aromatic hydroxyl groups is 1. The van der Waals surface area contributed by atoms with Gasteiger partial charge in [0.25, 0.3) is 0 Å². The Morgan fingerprint density at radius 3 is 2.47 bits per heavy atom. The molecule has 90 valence electrons. The minimum Gasteiger partial charge on any atom is -0.507 e. The molecule has 0 amide bonds. The van der Waals surface area contributed by atoms with Gasteiger partial charge >= 0.3 is 0 Å². The Bertz CT molecular complexity index is 494. The van der Waals surface area contributed by atoms with Crippen molar-refractivity contribution in [2.75, 3.05) is 13.2 Å². The van der Waals surface area contributed by atoms with Gasteiger partial charge in [0, 0.05) is 17.4 Å². The number of aliphatic hydroxyl groups is 1. The minimum atomic E-state index is 0.194. The van der Waals surface area contributed by atoms with E-state index in [1.54, 1.807) is 12.1 Å². The number of hydrogen-bond donors (Lipinski definition) is 2. The van der Waals surface area contributed by atoms with Gasteiger partial charge in [0.05, 0.1) is 6.61 Å². The average molecular weight is 232 g/mol. The number of phenols is 1. The Hall–Kier alpha value is -1.74. The zero-order chi connectivity index (χ0) is 12.1. The van der Waals surface area contributed by atoms with Crippen molar-refractivity contribution in [1.29, 1.82) is 0 Å². The number of phenolic OH excluding ortho intramolecular Hbond substituents is 1. The van der Waals surface area contributed by atoms with Gasteiger partial charge in [-0.1, -0.05) is 24.3 Å². The van der Waals surface area contributed by atoms with Gasteiger partial charge in [0.1, 0.15) is 11.5 Å². The quantitative estimate of drug-likeness (QED) is 0.779. The van der Waals surface area contributed by atoms with Crippen LogP contribution in [-0.4, -0.2) is 23.4 Å². The number of ether oxygens (including phenoxy) is 1. The Kier molecular flexibility index (Phi) is 3.83. The first-order chi connectivity index (χ1) is 8.33. The fourth-order valence-corrected chi connectivity index (χ4v) is 1.78. The van der Waals surface area contributed by atoms with Crippen molar-refractivity contribution in [1.82, 2.24) is 0 Å². The molecule has 0 bridgehead atoms. The van der Waals surface area contributed by atoms with E-state index in [-0.39, 0.29) is 12.4 Å². The van der Waals surface area contributed by atoms with Gasteiger partial charge in [0.15, 0.2) is 0 Å². The smallest absolute Gasteiger partial charge is 0.127 e. The molecular formula is C14H16O3. The Morgan fingerprint density at radius 1 is 0.941 bits per heavy atom. The summed E-state index contributed by atoms with van der Waals surface area (Å²) in [4.78, 5) is 0. The van der Waals surface area contributed by atoms with Crippen LogP contribution in [0.5, 0.6) is 11.5 Å². The van der Waals surface area contributed by atoms with E-state index < -0.39 is 0 Å². The van der Waals surface area contributed by atoms with Crippen LogP contribution in [0, 0.1) is 0 Å². The van der Waals surface area contributed by atoms with Crippen molar-refractivity contribution in [3.63, 3.8) is 0 Å². The molecule has 0 aliphatic heterocycles. The highest BCUT2D eigenvalue weighted by molar-refractivity contribution is 5.92. The first-order valence-corrected chi connectivity index (χ1v) is 5.77. The second kappa shape index (κ2) is 5.55. The van der Waals surface area contributed by atoms with E-state index in [9.17, 15) is 5.11 Å². The van der Waals surface area contributed by atoms with E-state index in [4.69, 9.17) is 9.84 Å². The van der Waals surface area contributed by atoms with Crippen LogP contribution in [0.4, 0.5) is 0 Å². The van der Waals surface area contributed by atoms with Crippen molar-refractivity contribution in [2.24, 2.45) is 0 Å². The molecule has 2 N–H and O–H groups in total. The highest BCUT2D eigenvalue weighted by Crippen LogP contribution is 2.32. The molecule has 0 saturated heterocycles. The first kappa shape index (κ1) is 11.7. The molecule has 0 heterocycles. The van der Waals surface area contributed by atoms with Crippen LogP contribution in [0.1, 0.15) is 12.8 Å². The van der Waals surface area contributed by atoms with Crippen LogP contribution in [-0.2, 0) is 0 Å². The summed E-state index contributed by atoms with van der Waals surface area (Å²) in [5, 5.41) is 20.1. The van der Waals surface area contributed by atoms with Crippen LogP contribution >= 0.6 is 0 Å². The number of hydrogen-bond acceptors (Lipinski definition) is 3. The highest BCUT2D eigenvalue weighted by atomic mass is 16.5. The maximum atomic E-state index is 9.72. The van der Waals surface area contributed by atoms with E-state index in [2.05, 4.69) is 0 Å². The van der Waals surface area contributed by atoms with Crippen LogP contribution in [0.15, 0.2) is 36.4 Å².